The van der Waals surface area contributed by atoms with E-state index in [-0.39, 0.29) is 17.3 Å². The lowest BCUT2D eigenvalue weighted by Crippen LogP contribution is -2.20. The van der Waals surface area contributed by atoms with Crippen LogP contribution in [0.2, 0.25) is 0 Å². The summed E-state index contributed by atoms with van der Waals surface area (Å²) < 4.78 is 41.4. The van der Waals surface area contributed by atoms with Crippen LogP contribution >= 0.6 is 0 Å². The van der Waals surface area contributed by atoms with Gasteiger partial charge in [-0.25, -0.2) is 13.1 Å². The lowest BCUT2D eigenvalue weighted by molar-refractivity contribution is 0.0539. The third-order valence-electron chi connectivity index (χ3n) is 2.44. The summed E-state index contributed by atoms with van der Waals surface area (Å²) in [4.78, 5) is 0.0110. The average Bonchev–Trinajstić information content (AvgIpc) is 2.44. The van der Waals surface area contributed by atoms with Gasteiger partial charge in [0, 0.05) is 12.8 Å². The second-order valence-electron chi connectivity index (χ2n) is 3.87. The highest BCUT2D eigenvalue weighted by Crippen LogP contribution is 2.25. The van der Waals surface area contributed by atoms with Crippen LogP contribution in [0.1, 0.15) is 0 Å². The van der Waals surface area contributed by atoms with Crippen LogP contribution in [0.15, 0.2) is 23.1 Å². The molecule has 8 heteroatoms. The molecule has 0 aliphatic heterocycles. The summed E-state index contributed by atoms with van der Waals surface area (Å²) in [5, 5.41) is 0. The molecule has 0 amide bonds. The van der Waals surface area contributed by atoms with Gasteiger partial charge in [0.25, 0.3) is 0 Å². The Morgan fingerprint density at radius 2 is 1.90 bits per heavy atom. The van der Waals surface area contributed by atoms with Crippen LogP contribution in [0.4, 0.5) is 5.69 Å². The molecule has 0 fully saturated rings. The summed E-state index contributed by atoms with van der Waals surface area (Å²) in [5.41, 5.74) is 5.95. The predicted molar refractivity (Wildman–Crippen MR) is 75.3 cm³/mol. The van der Waals surface area contributed by atoms with Crippen LogP contribution in [0.25, 0.3) is 0 Å². The molecule has 0 spiro atoms. The van der Waals surface area contributed by atoms with Crippen molar-refractivity contribution in [2.24, 2.45) is 0 Å². The van der Waals surface area contributed by atoms with Crippen LogP contribution in [0.5, 0.6) is 5.75 Å². The molecule has 0 aromatic heterocycles. The predicted octanol–water partition coefficient (Wildman–Crippen LogP) is 0.219. The van der Waals surface area contributed by atoms with Gasteiger partial charge in [-0.05, 0) is 25.2 Å². The fourth-order valence-corrected chi connectivity index (χ4v) is 2.32. The molecule has 0 bridgehead atoms. The number of ether oxygens (including phenoxy) is 3. The number of sulfonamides is 1. The van der Waals surface area contributed by atoms with Gasteiger partial charge in [-0.1, -0.05) is 0 Å². The quantitative estimate of drug-likeness (QED) is 0.500. The van der Waals surface area contributed by atoms with Gasteiger partial charge < -0.3 is 19.9 Å². The topological polar surface area (TPSA) is 99.9 Å². The molecule has 1 rings (SSSR count). The number of methoxy groups -OCH3 is 1. The van der Waals surface area contributed by atoms with Gasteiger partial charge in [-0.3, -0.25) is 0 Å². The first-order valence-electron chi connectivity index (χ1n) is 6.04. The van der Waals surface area contributed by atoms with E-state index >= 15 is 0 Å². The minimum absolute atomic E-state index is 0.0110. The zero-order valence-corrected chi connectivity index (χ0v) is 12.4. The number of rotatable bonds is 9. The standard InChI is InChI=1S/C12H20N2O5S/c1-14-20(15,16)12-9-10(13)3-4-11(12)19-8-7-18-6-5-17-2/h3-4,9,14H,5-8,13H2,1-2H3. The third-order valence-corrected chi connectivity index (χ3v) is 3.88. The summed E-state index contributed by atoms with van der Waals surface area (Å²) in [6, 6.07) is 4.46. The summed E-state index contributed by atoms with van der Waals surface area (Å²) >= 11 is 0. The molecule has 0 unspecified atom stereocenters. The Kier molecular flexibility index (Phi) is 6.73. The molecule has 0 aliphatic carbocycles. The van der Waals surface area contributed by atoms with E-state index in [1.54, 1.807) is 13.2 Å². The molecule has 0 aliphatic rings. The maximum absolute atomic E-state index is 11.9. The van der Waals surface area contributed by atoms with Crippen molar-refractivity contribution in [1.29, 1.82) is 0 Å². The number of benzene rings is 1. The molecule has 7 nitrogen and oxygen atoms in total. The van der Waals surface area contributed by atoms with Crippen LogP contribution in [-0.4, -0.2) is 49.0 Å². The molecular formula is C12H20N2O5S. The van der Waals surface area contributed by atoms with Gasteiger partial charge in [0.1, 0.15) is 17.3 Å². The molecule has 3 N–H and O–H groups in total. The Labute approximate surface area is 119 Å². The SMILES string of the molecule is CNS(=O)(=O)c1cc(N)ccc1OCCOCCOC. The van der Waals surface area contributed by atoms with E-state index in [2.05, 4.69) is 4.72 Å². The minimum Gasteiger partial charge on any atom is -0.490 e. The van der Waals surface area contributed by atoms with Crippen molar-refractivity contribution in [3.05, 3.63) is 18.2 Å². The molecule has 20 heavy (non-hydrogen) atoms. The fourth-order valence-electron chi connectivity index (χ4n) is 1.42. The summed E-state index contributed by atoms with van der Waals surface area (Å²) in [5.74, 6) is 0.240. The number of nitrogen functional groups attached to an aromatic ring is 1. The van der Waals surface area contributed by atoms with Gasteiger partial charge in [0.2, 0.25) is 10.0 Å². The van der Waals surface area contributed by atoms with E-state index in [0.29, 0.717) is 25.5 Å². The first kappa shape index (κ1) is 16.7. The van der Waals surface area contributed by atoms with Gasteiger partial charge in [0.05, 0.1) is 19.8 Å². The Morgan fingerprint density at radius 3 is 2.55 bits per heavy atom. The number of hydrogen-bond acceptors (Lipinski definition) is 6. The van der Waals surface area contributed by atoms with Gasteiger partial charge in [0.15, 0.2) is 0 Å². The largest absolute Gasteiger partial charge is 0.490 e. The smallest absolute Gasteiger partial charge is 0.244 e. The average molecular weight is 304 g/mol. The van der Waals surface area contributed by atoms with Crippen LogP contribution in [0.3, 0.4) is 0 Å². The molecular weight excluding hydrogens is 284 g/mol. The zero-order valence-electron chi connectivity index (χ0n) is 11.6. The van der Waals surface area contributed by atoms with E-state index in [1.807, 2.05) is 0 Å². The Balaban J connectivity index is 2.66. The molecule has 0 saturated carbocycles. The molecule has 114 valence electrons. The normalized spacial score (nSPS) is 11.5. The molecule has 0 radical (unpaired) electrons. The first-order valence-corrected chi connectivity index (χ1v) is 7.52. The fraction of sp³-hybridized carbons (Fsp3) is 0.500. The highest BCUT2D eigenvalue weighted by atomic mass is 32.2. The van der Waals surface area contributed by atoms with Crippen molar-refractivity contribution < 1.29 is 22.6 Å². The highest BCUT2D eigenvalue weighted by molar-refractivity contribution is 7.89. The van der Waals surface area contributed by atoms with E-state index in [9.17, 15) is 8.42 Å². The second-order valence-corrected chi connectivity index (χ2v) is 5.72. The van der Waals surface area contributed by atoms with Crippen LogP contribution in [0, 0.1) is 0 Å². The Morgan fingerprint density at radius 1 is 1.20 bits per heavy atom. The first-order chi connectivity index (χ1) is 9.51. The maximum Gasteiger partial charge on any atom is 0.244 e. The van der Waals surface area contributed by atoms with Gasteiger partial charge in [-0.15, -0.1) is 0 Å². The molecule has 0 atom stereocenters. The lowest BCUT2D eigenvalue weighted by Gasteiger charge is -2.12. The second kappa shape index (κ2) is 8.05. The van der Waals surface area contributed by atoms with Crippen LogP contribution in [-0.2, 0) is 19.5 Å². The van der Waals surface area contributed by atoms with E-state index < -0.39 is 10.0 Å². The molecule has 1 aromatic rings. The number of anilines is 1. The highest BCUT2D eigenvalue weighted by Gasteiger charge is 2.18. The van der Waals surface area contributed by atoms with Crippen molar-refractivity contribution in [1.82, 2.24) is 4.72 Å². The summed E-state index contributed by atoms with van der Waals surface area (Å²) in [6.07, 6.45) is 0. The molecule has 1 aromatic carbocycles. The van der Waals surface area contributed by atoms with Crippen molar-refractivity contribution in [3.8, 4) is 5.75 Å². The lowest BCUT2D eigenvalue weighted by atomic mass is 10.3. The van der Waals surface area contributed by atoms with E-state index in [1.165, 1.54) is 19.2 Å². The maximum atomic E-state index is 11.9. The van der Waals surface area contributed by atoms with Crippen molar-refractivity contribution >= 4 is 15.7 Å². The van der Waals surface area contributed by atoms with E-state index in [0.717, 1.165) is 0 Å². The number of nitrogens with two attached hydrogens (primary N) is 1. The van der Waals surface area contributed by atoms with Crippen molar-refractivity contribution in [2.45, 2.75) is 4.90 Å². The molecule has 0 heterocycles. The van der Waals surface area contributed by atoms with Crippen molar-refractivity contribution in [3.63, 3.8) is 0 Å². The number of hydrogen-bond donors (Lipinski definition) is 2. The van der Waals surface area contributed by atoms with Gasteiger partial charge >= 0.3 is 0 Å². The van der Waals surface area contributed by atoms with E-state index in [4.69, 9.17) is 19.9 Å². The van der Waals surface area contributed by atoms with Crippen LogP contribution < -0.4 is 15.2 Å². The Hall–Kier alpha value is -1.35. The third kappa shape index (κ3) is 4.97. The molecule has 0 saturated heterocycles. The number of nitrogens with one attached hydrogen (secondary N) is 1. The minimum atomic E-state index is -3.62. The summed E-state index contributed by atoms with van der Waals surface area (Å²) in [6.45, 7) is 1.54. The summed E-state index contributed by atoms with van der Waals surface area (Å²) in [7, 11) is -0.703. The Bertz CT molecular complexity index is 519. The zero-order chi connectivity index (χ0) is 15.0. The monoisotopic (exact) mass is 304 g/mol. The van der Waals surface area contributed by atoms with Crippen molar-refractivity contribution in [2.75, 3.05) is 46.3 Å². The van der Waals surface area contributed by atoms with Gasteiger partial charge in [-0.2, -0.15) is 0 Å².